The van der Waals surface area contributed by atoms with E-state index >= 15 is 4.39 Å². The maximum Gasteiger partial charge on any atom is 0.412 e. The Labute approximate surface area is 184 Å². The molecule has 1 aromatic heterocycles. The monoisotopic (exact) mass is 428 g/mol. The molecule has 2 aliphatic heterocycles. The van der Waals surface area contributed by atoms with Crippen LogP contribution in [0.3, 0.4) is 0 Å². The number of pyridine rings is 1. The molecule has 4 atom stereocenters. The number of rotatable bonds is 3. The molecule has 5 nitrogen and oxygen atoms in total. The molecule has 1 fully saturated rings. The van der Waals surface area contributed by atoms with Crippen molar-refractivity contribution in [1.29, 1.82) is 0 Å². The molecule has 0 saturated carbocycles. The van der Waals surface area contributed by atoms with Gasteiger partial charge >= 0.3 is 6.09 Å². The smallest absolute Gasteiger partial charge is 0.412 e. The number of nitrogens with zero attached hydrogens (tertiary/aromatic N) is 1. The minimum absolute atomic E-state index is 0.0542. The molecule has 1 saturated heterocycles. The Morgan fingerprint density at radius 3 is 2.74 bits per heavy atom. The van der Waals surface area contributed by atoms with Gasteiger partial charge < -0.3 is 9.47 Å². The molecule has 3 heterocycles. The number of halogens is 1. The highest BCUT2D eigenvalue weighted by atomic mass is 19.1. The van der Waals surface area contributed by atoms with Gasteiger partial charge in [-0.2, -0.15) is 0 Å². The fourth-order valence-corrected chi connectivity index (χ4v) is 4.47. The number of ether oxygens (including phenoxy) is 2. The fourth-order valence-electron chi connectivity index (χ4n) is 4.47. The molecule has 31 heavy (non-hydrogen) atoms. The average molecular weight is 429 g/mol. The summed E-state index contributed by atoms with van der Waals surface area (Å²) in [5.74, 6) is -0.325. The standard InChI is InChI=1S/C25H33FN2O3/c1-24(2,3)31-23(29)28-19-8-7-18(17-14-16-6-9-20(30-16)21(17)26)27-22(19)15-10-12-25(4,5)13-11-15/h6-10,16-17,20-21H,11-14H2,1-5H3,(H,28,29). The Bertz CT molecular complexity index is 916. The third kappa shape index (κ3) is 5.00. The third-order valence-electron chi connectivity index (χ3n) is 6.24. The van der Waals surface area contributed by atoms with E-state index in [2.05, 4.69) is 25.2 Å². The van der Waals surface area contributed by atoms with Crippen molar-refractivity contribution in [3.63, 3.8) is 0 Å². The first-order valence-corrected chi connectivity index (χ1v) is 11.2. The third-order valence-corrected chi connectivity index (χ3v) is 6.24. The second kappa shape index (κ2) is 8.05. The molecule has 1 aliphatic carbocycles. The molecule has 4 rings (SSSR count). The van der Waals surface area contributed by atoms with E-state index in [1.807, 2.05) is 45.1 Å². The summed E-state index contributed by atoms with van der Waals surface area (Å²) in [6.45, 7) is 9.99. The molecule has 3 aliphatic rings. The van der Waals surface area contributed by atoms with Gasteiger partial charge in [0.2, 0.25) is 0 Å². The normalized spacial score (nSPS) is 29.4. The van der Waals surface area contributed by atoms with E-state index in [1.165, 1.54) is 0 Å². The van der Waals surface area contributed by atoms with Crippen LogP contribution in [-0.4, -0.2) is 35.1 Å². The molecule has 0 spiro atoms. The molecule has 1 amide bonds. The first-order valence-electron chi connectivity index (χ1n) is 11.2. The number of carbonyl (C=O) groups is 1. The van der Waals surface area contributed by atoms with Gasteiger partial charge in [-0.1, -0.05) is 32.1 Å². The summed E-state index contributed by atoms with van der Waals surface area (Å²) in [5.41, 5.74) is 2.78. The van der Waals surface area contributed by atoms with Crippen LogP contribution >= 0.6 is 0 Å². The van der Waals surface area contributed by atoms with Crippen LogP contribution < -0.4 is 5.32 Å². The van der Waals surface area contributed by atoms with Crippen LogP contribution in [0.1, 0.15) is 77.6 Å². The van der Waals surface area contributed by atoms with E-state index in [4.69, 9.17) is 14.5 Å². The Kier molecular flexibility index (Phi) is 5.71. The number of hydrogen-bond donors (Lipinski definition) is 1. The Hall–Kier alpha value is -2.21. The minimum atomic E-state index is -1.13. The summed E-state index contributed by atoms with van der Waals surface area (Å²) in [4.78, 5) is 17.3. The van der Waals surface area contributed by atoms with Gasteiger partial charge in [0.05, 0.1) is 17.5 Å². The van der Waals surface area contributed by atoms with Crippen LogP contribution in [0, 0.1) is 5.41 Å². The molecular weight excluding hydrogens is 395 g/mol. The van der Waals surface area contributed by atoms with Crippen molar-refractivity contribution in [2.45, 2.75) is 90.2 Å². The summed E-state index contributed by atoms with van der Waals surface area (Å²) in [5, 5.41) is 2.86. The van der Waals surface area contributed by atoms with Crippen LogP contribution in [0.15, 0.2) is 30.4 Å². The number of anilines is 1. The largest absolute Gasteiger partial charge is 0.444 e. The maximum atomic E-state index is 15.1. The van der Waals surface area contributed by atoms with Crippen molar-refractivity contribution in [3.8, 4) is 0 Å². The lowest BCUT2D eigenvalue weighted by Crippen LogP contribution is -2.36. The summed E-state index contributed by atoms with van der Waals surface area (Å²) in [6, 6.07) is 3.66. The van der Waals surface area contributed by atoms with Gasteiger partial charge in [-0.3, -0.25) is 10.3 Å². The van der Waals surface area contributed by atoms with Crippen molar-refractivity contribution in [3.05, 3.63) is 41.7 Å². The average Bonchev–Trinajstić information content (AvgIpc) is 3.07. The molecule has 168 valence electrons. The van der Waals surface area contributed by atoms with Gasteiger partial charge in [0.25, 0.3) is 0 Å². The van der Waals surface area contributed by atoms with Crippen molar-refractivity contribution in [1.82, 2.24) is 4.98 Å². The van der Waals surface area contributed by atoms with Crippen molar-refractivity contribution in [2.24, 2.45) is 5.41 Å². The second-order valence-electron chi connectivity index (χ2n) is 10.7. The van der Waals surface area contributed by atoms with Crippen LogP contribution in [0.2, 0.25) is 0 Å². The molecule has 0 aromatic carbocycles. The highest BCUT2D eigenvalue weighted by molar-refractivity contribution is 5.89. The van der Waals surface area contributed by atoms with Gasteiger partial charge in [-0.25, -0.2) is 9.18 Å². The highest BCUT2D eigenvalue weighted by Crippen LogP contribution is 2.42. The van der Waals surface area contributed by atoms with E-state index in [9.17, 15) is 4.79 Å². The number of allylic oxidation sites excluding steroid dienone is 2. The number of aromatic nitrogens is 1. The number of hydrogen-bond acceptors (Lipinski definition) is 4. The maximum absolute atomic E-state index is 15.1. The zero-order valence-electron chi connectivity index (χ0n) is 19.1. The molecule has 2 bridgehead atoms. The highest BCUT2D eigenvalue weighted by Gasteiger charge is 2.42. The number of nitrogens with one attached hydrogen (secondary N) is 1. The predicted molar refractivity (Wildman–Crippen MR) is 120 cm³/mol. The Balaban J connectivity index is 1.65. The number of fused-ring (bicyclic) bond motifs is 2. The fraction of sp³-hybridized carbons (Fsp3) is 0.600. The molecular formula is C25H33FN2O3. The molecule has 6 heteroatoms. The lowest BCUT2D eigenvalue weighted by molar-refractivity contribution is -0.0433. The van der Waals surface area contributed by atoms with E-state index in [0.717, 1.165) is 30.5 Å². The van der Waals surface area contributed by atoms with Gasteiger partial charge in [0, 0.05) is 11.6 Å². The Morgan fingerprint density at radius 1 is 1.29 bits per heavy atom. The molecule has 1 N–H and O–H groups in total. The summed E-state index contributed by atoms with van der Waals surface area (Å²) < 4.78 is 26.2. The Morgan fingerprint density at radius 2 is 2.06 bits per heavy atom. The molecule has 0 radical (unpaired) electrons. The van der Waals surface area contributed by atoms with E-state index in [-0.39, 0.29) is 17.4 Å². The van der Waals surface area contributed by atoms with E-state index < -0.39 is 24.0 Å². The summed E-state index contributed by atoms with van der Waals surface area (Å²) in [7, 11) is 0. The second-order valence-corrected chi connectivity index (χ2v) is 10.7. The van der Waals surface area contributed by atoms with Gasteiger partial charge in [0.15, 0.2) is 0 Å². The van der Waals surface area contributed by atoms with Crippen LogP contribution in [0.25, 0.3) is 5.57 Å². The predicted octanol–water partition coefficient (Wildman–Crippen LogP) is 6.17. The van der Waals surface area contributed by atoms with Crippen LogP contribution in [0.4, 0.5) is 14.9 Å². The zero-order valence-corrected chi connectivity index (χ0v) is 19.1. The molecule has 4 unspecified atom stereocenters. The topological polar surface area (TPSA) is 60.5 Å². The first kappa shape index (κ1) is 22.0. The van der Waals surface area contributed by atoms with Crippen molar-refractivity contribution >= 4 is 17.4 Å². The van der Waals surface area contributed by atoms with E-state index in [0.29, 0.717) is 17.8 Å². The summed E-state index contributed by atoms with van der Waals surface area (Å²) >= 11 is 0. The summed E-state index contributed by atoms with van der Waals surface area (Å²) in [6.07, 6.45) is 7.20. The number of carbonyl (C=O) groups excluding carboxylic acids is 1. The van der Waals surface area contributed by atoms with E-state index in [1.54, 1.807) is 0 Å². The van der Waals surface area contributed by atoms with Crippen molar-refractivity contribution < 1.29 is 18.7 Å². The lowest BCUT2D eigenvalue weighted by Gasteiger charge is -2.33. The number of alkyl halides is 1. The first-order chi connectivity index (χ1) is 14.5. The lowest BCUT2D eigenvalue weighted by atomic mass is 9.77. The molecule has 1 aromatic rings. The van der Waals surface area contributed by atoms with Crippen LogP contribution in [0.5, 0.6) is 0 Å². The van der Waals surface area contributed by atoms with Gasteiger partial charge in [-0.05, 0) is 69.6 Å². The quantitative estimate of drug-likeness (QED) is 0.585. The number of amides is 1. The SMILES string of the molecule is CC1(C)CC=C(c2nc(C3CC4C=CC(O4)C3F)ccc2NC(=O)OC(C)(C)C)CC1. The van der Waals surface area contributed by atoms with Gasteiger partial charge in [-0.15, -0.1) is 0 Å². The van der Waals surface area contributed by atoms with Crippen LogP contribution in [-0.2, 0) is 9.47 Å². The van der Waals surface area contributed by atoms with Crippen molar-refractivity contribution in [2.75, 3.05) is 5.32 Å². The minimum Gasteiger partial charge on any atom is -0.444 e. The zero-order chi connectivity index (χ0) is 22.4. The van der Waals surface area contributed by atoms with Gasteiger partial charge in [0.1, 0.15) is 17.9 Å².